The lowest BCUT2D eigenvalue weighted by Crippen LogP contribution is -2.80. The highest BCUT2D eigenvalue weighted by Gasteiger charge is 1.98. The zero-order valence-electron chi connectivity index (χ0n) is 10.7. The number of nitrogens with two attached hydrogens (primary N) is 1. The second-order valence-corrected chi connectivity index (χ2v) is 4.49. The van der Waals surface area contributed by atoms with Crippen LogP contribution < -0.4 is 5.32 Å². The van der Waals surface area contributed by atoms with Gasteiger partial charge in [0.15, 0.2) is 0 Å². The first-order valence-corrected chi connectivity index (χ1v) is 6.42. The minimum atomic E-state index is -0.172. The molecule has 2 aromatic carbocycles. The Bertz CT molecular complexity index is 473. The molecule has 0 unspecified atom stereocenters. The highest BCUT2D eigenvalue weighted by atomic mass is 19.1. The Morgan fingerprint density at radius 2 is 1.22 bits per heavy atom. The SMILES string of the molecule is CCc1ccc(C[NH2+]Cc2ccc(F)cc2)cc1. The molecule has 0 fully saturated rings. The van der Waals surface area contributed by atoms with Crippen molar-refractivity contribution in [2.24, 2.45) is 0 Å². The van der Waals surface area contributed by atoms with E-state index in [1.807, 2.05) is 12.1 Å². The molecule has 0 saturated carbocycles. The van der Waals surface area contributed by atoms with Gasteiger partial charge in [-0.05, 0) is 24.1 Å². The van der Waals surface area contributed by atoms with E-state index in [1.165, 1.54) is 23.3 Å². The lowest BCUT2D eigenvalue weighted by molar-refractivity contribution is -0.686. The Labute approximate surface area is 108 Å². The standard InChI is InChI=1S/C16H18FN/c1-2-13-3-5-14(6-4-13)11-18-12-15-7-9-16(17)10-8-15/h3-10,18H,2,11-12H2,1H3/p+1. The average Bonchev–Trinajstić information content (AvgIpc) is 2.42. The van der Waals surface area contributed by atoms with Crippen LogP contribution in [-0.2, 0) is 19.5 Å². The Kier molecular flexibility index (Phi) is 4.48. The molecule has 0 atom stereocenters. The summed E-state index contributed by atoms with van der Waals surface area (Å²) in [6.45, 7) is 4.01. The van der Waals surface area contributed by atoms with Gasteiger partial charge in [0.2, 0.25) is 0 Å². The van der Waals surface area contributed by atoms with Gasteiger partial charge >= 0.3 is 0 Å². The van der Waals surface area contributed by atoms with Crippen LogP contribution >= 0.6 is 0 Å². The largest absolute Gasteiger partial charge is 0.339 e. The lowest BCUT2D eigenvalue weighted by atomic mass is 10.1. The van der Waals surface area contributed by atoms with Crippen molar-refractivity contribution < 1.29 is 9.71 Å². The number of halogens is 1. The van der Waals surface area contributed by atoms with Gasteiger partial charge in [-0.15, -0.1) is 0 Å². The molecule has 0 radical (unpaired) electrons. The highest BCUT2D eigenvalue weighted by Crippen LogP contribution is 2.04. The molecule has 0 heterocycles. The van der Waals surface area contributed by atoms with Crippen molar-refractivity contribution in [3.8, 4) is 0 Å². The quantitative estimate of drug-likeness (QED) is 0.832. The first-order valence-electron chi connectivity index (χ1n) is 6.42. The van der Waals surface area contributed by atoms with Crippen LogP contribution in [0.1, 0.15) is 23.6 Å². The summed E-state index contributed by atoms with van der Waals surface area (Å²) in [7, 11) is 0. The van der Waals surface area contributed by atoms with Crippen molar-refractivity contribution in [3.05, 3.63) is 71.0 Å². The van der Waals surface area contributed by atoms with Gasteiger partial charge in [-0.25, -0.2) is 4.39 Å². The number of benzene rings is 2. The third kappa shape index (κ3) is 3.67. The van der Waals surface area contributed by atoms with E-state index >= 15 is 0 Å². The number of aryl methyl sites for hydroxylation is 1. The second kappa shape index (κ2) is 6.31. The van der Waals surface area contributed by atoms with Gasteiger partial charge in [0.25, 0.3) is 0 Å². The predicted molar refractivity (Wildman–Crippen MR) is 71.6 cm³/mol. The summed E-state index contributed by atoms with van der Waals surface area (Å²) >= 11 is 0. The van der Waals surface area contributed by atoms with Crippen LogP contribution in [0.5, 0.6) is 0 Å². The molecule has 0 saturated heterocycles. The molecule has 2 aromatic rings. The van der Waals surface area contributed by atoms with Crippen molar-refractivity contribution in [1.82, 2.24) is 0 Å². The molecular formula is C16H19FN+. The summed E-state index contributed by atoms with van der Waals surface area (Å²) in [6.07, 6.45) is 1.08. The summed E-state index contributed by atoms with van der Waals surface area (Å²) in [6, 6.07) is 15.4. The van der Waals surface area contributed by atoms with E-state index in [2.05, 4.69) is 36.5 Å². The van der Waals surface area contributed by atoms with E-state index in [4.69, 9.17) is 0 Å². The van der Waals surface area contributed by atoms with E-state index in [1.54, 1.807) is 0 Å². The number of rotatable bonds is 5. The molecular weight excluding hydrogens is 225 g/mol. The maximum atomic E-state index is 12.7. The fraction of sp³-hybridized carbons (Fsp3) is 0.250. The van der Waals surface area contributed by atoms with Gasteiger partial charge in [0, 0.05) is 11.1 Å². The van der Waals surface area contributed by atoms with Crippen LogP contribution in [0.15, 0.2) is 48.5 Å². The minimum absolute atomic E-state index is 0.172. The van der Waals surface area contributed by atoms with Gasteiger partial charge < -0.3 is 5.32 Å². The molecule has 0 aliphatic heterocycles. The zero-order chi connectivity index (χ0) is 12.8. The molecule has 18 heavy (non-hydrogen) atoms. The van der Waals surface area contributed by atoms with E-state index in [0.29, 0.717) is 0 Å². The van der Waals surface area contributed by atoms with Gasteiger partial charge in [-0.2, -0.15) is 0 Å². The Balaban J connectivity index is 1.82. The zero-order valence-corrected chi connectivity index (χ0v) is 10.7. The summed E-state index contributed by atoms with van der Waals surface area (Å²) in [5.74, 6) is -0.172. The van der Waals surface area contributed by atoms with Crippen LogP contribution in [0.4, 0.5) is 4.39 Å². The maximum Gasteiger partial charge on any atom is 0.123 e. The van der Waals surface area contributed by atoms with Crippen LogP contribution in [0.25, 0.3) is 0 Å². The van der Waals surface area contributed by atoms with Gasteiger partial charge in [-0.1, -0.05) is 43.3 Å². The van der Waals surface area contributed by atoms with Crippen LogP contribution in [0, 0.1) is 5.82 Å². The fourth-order valence-corrected chi connectivity index (χ4v) is 1.94. The summed E-state index contributed by atoms with van der Waals surface area (Å²) < 4.78 is 12.7. The molecule has 0 aliphatic rings. The lowest BCUT2D eigenvalue weighted by Gasteiger charge is -2.03. The number of quaternary nitrogens is 1. The topological polar surface area (TPSA) is 16.6 Å². The molecule has 2 N–H and O–H groups in total. The Hall–Kier alpha value is -1.67. The van der Waals surface area contributed by atoms with Crippen molar-refractivity contribution in [2.45, 2.75) is 26.4 Å². The van der Waals surface area contributed by atoms with Crippen molar-refractivity contribution in [3.63, 3.8) is 0 Å². The molecule has 0 spiro atoms. The molecule has 1 nitrogen and oxygen atoms in total. The first-order chi connectivity index (χ1) is 8.78. The van der Waals surface area contributed by atoms with Crippen molar-refractivity contribution in [2.75, 3.05) is 0 Å². The van der Waals surface area contributed by atoms with E-state index in [-0.39, 0.29) is 5.82 Å². The summed E-state index contributed by atoms with van der Waals surface area (Å²) in [5.41, 5.74) is 3.85. The van der Waals surface area contributed by atoms with E-state index < -0.39 is 0 Å². The van der Waals surface area contributed by atoms with E-state index in [9.17, 15) is 4.39 Å². The predicted octanol–water partition coefficient (Wildman–Crippen LogP) is 2.65. The maximum absolute atomic E-state index is 12.7. The van der Waals surface area contributed by atoms with Crippen LogP contribution in [-0.4, -0.2) is 0 Å². The third-order valence-corrected chi connectivity index (χ3v) is 3.10. The molecule has 2 rings (SSSR count). The van der Waals surface area contributed by atoms with Crippen molar-refractivity contribution in [1.29, 1.82) is 0 Å². The Morgan fingerprint density at radius 1 is 0.778 bits per heavy atom. The van der Waals surface area contributed by atoms with Gasteiger partial charge in [-0.3, -0.25) is 0 Å². The molecule has 0 aliphatic carbocycles. The summed E-state index contributed by atoms with van der Waals surface area (Å²) in [5, 5.41) is 2.23. The number of hydrogen-bond donors (Lipinski definition) is 1. The first kappa shape index (κ1) is 12.8. The van der Waals surface area contributed by atoms with Crippen LogP contribution in [0.2, 0.25) is 0 Å². The van der Waals surface area contributed by atoms with Crippen molar-refractivity contribution >= 4 is 0 Å². The fourth-order valence-electron chi connectivity index (χ4n) is 1.94. The van der Waals surface area contributed by atoms with Gasteiger partial charge in [0.05, 0.1) is 0 Å². The smallest absolute Gasteiger partial charge is 0.123 e. The Morgan fingerprint density at radius 3 is 1.72 bits per heavy atom. The van der Waals surface area contributed by atoms with E-state index in [0.717, 1.165) is 25.1 Å². The molecule has 0 amide bonds. The average molecular weight is 244 g/mol. The second-order valence-electron chi connectivity index (χ2n) is 4.49. The number of hydrogen-bond acceptors (Lipinski definition) is 0. The minimum Gasteiger partial charge on any atom is -0.339 e. The van der Waals surface area contributed by atoms with Gasteiger partial charge in [0.1, 0.15) is 18.9 Å². The van der Waals surface area contributed by atoms with Crippen LogP contribution in [0.3, 0.4) is 0 Å². The molecule has 0 aromatic heterocycles. The molecule has 2 heteroatoms. The third-order valence-electron chi connectivity index (χ3n) is 3.10. The molecule has 0 bridgehead atoms. The monoisotopic (exact) mass is 244 g/mol. The normalized spacial score (nSPS) is 10.6. The molecule has 94 valence electrons. The summed E-state index contributed by atoms with van der Waals surface area (Å²) in [4.78, 5) is 0. The highest BCUT2D eigenvalue weighted by molar-refractivity contribution is 5.21.